The van der Waals surface area contributed by atoms with Crippen LogP contribution in [0.15, 0.2) is 60.2 Å². The first-order chi connectivity index (χ1) is 13.2. The van der Waals surface area contributed by atoms with Crippen LogP contribution >= 0.6 is 0 Å². The summed E-state index contributed by atoms with van der Waals surface area (Å²) in [7, 11) is 0. The fourth-order valence-corrected chi connectivity index (χ4v) is 3.07. The van der Waals surface area contributed by atoms with Crippen LogP contribution in [0.1, 0.15) is 31.0 Å². The minimum Gasteiger partial charge on any atom is -0.494 e. The number of ether oxygens (including phenoxy) is 2. The van der Waals surface area contributed by atoms with Crippen LogP contribution in [0.5, 0.6) is 5.75 Å². The minimum absolute atomic E-state index is 0.234. The number of amides is 2. The predicted octanol–water partition coefficient (Wildman–Crippen LogP) is 3.41. The lowest BCUT2D eigenvalue weighted by Crippen LogP contribution is -2.45. The summed E-state index contributed by atoms with van der Waals surface area (Å²) in [5, 5.41) is 5.59. The monoisotopic (exact) mass is 366 g/mol. The number of hydrogen-bond acceptors (Lipinski definition) is 4. The van der Waals surface area contributed by atoms with E-state index in [1.54, 1.807) is 6.92 Å². The molecule has 27 heavy (non-hydrogen) atoms. The highest BCUT2D eigenvalue weighted by molar-refractivity contribution is 6.04. The number of carbonyl (C=O) groups excluding carboxylic acids is 2. The summed E-state index contributed by atoms with van der Waals surface area (Å²) in [5.41, 5.74) is 2.21. The fourth-order valence-electron chi connectivity index (χ4n) is 3.07. The van der Waals surface area contributed by atoms with E-state index in [1.807, 2.05) is 61.5 Å². The molecule has 2 N–H and O–H groups in total. The second-order valence-electron chi connectivity index (χ2n) is 5.88. The normalized spacial score (nSPS) is 16.4. The molecule has 0 saturated heterocycles. The Bertz CT molecular complexity index is 861. The topological polar surface area (TPSA) is 76.7 Å². The van der Waals surface area contributed by atoms with Crippen LogP contribution in [0.4, 0.5) is 4.79 Å². The van der Waals surface area contributed by atoms with E-state index in [4.69, 9.17) is 9.47 Å². The molecular weight excluding hydrogens is 344 g/mol. The Morgan fingerprint density at radius 2 is 1.70 bits per heavy atom. The summed E-state index contributed by atoms with van der Waals surface area (Å²) in [6.45, 7) is 4.34. The van der Waals surface area contributed by atoms with Crippen molar-refractivity contribution < 1.29 is 19.1 Å². The highest BCUT2D eigenvalue weighted by atomic mass is 16.5. The highest BCUT2D eigenvalue weighted by Gasteiger charge is 2.35. The zero-order valence-electron chi connectivity index (χ0n) is 15.3. The van der Waals surface area contributed by atoms with E-state index >= 15 is 0 Å². The van der Waals surface area contributed by atoms with Gasteiger partial charge in [0.25, 0.3) is 0 Å². The molecule has 140 valence electrons. The molecule has 0 radical (unpaired) electrons. The molecule has 1 aliphatic heterocycles. The maximum Gasteiger partial charge on any atom is 0.338 e. The molecule has 1 aliphatic rings. The Labute approximate surface area is 158 Å². The second-order valence-corrected chi connectivity index (χ2v) is 5.88. The number of carbonyl (C=O) groups is 2. The van der Waals surface area contributed by atoms with Crippen molar-refractivity contribution in [3.8, 4) is 5.75 Å². The first-order valence-corrected chi connectivity index (χ1v) is 8.91. The lowest BCUT2D eigenvalue weighted by Gasteiger charge is -2.30. The van der Waals surface area contributed by atoms with E-state index in [2.05, 4.69) is 10.6 Å². The molecule has 0 saturated carbocycles. The quantitative estimate of drug-likeness (QED) is 0.768. The Hall–Kier alpha value is -3.28. The number of benzene rings is 2. The zero-order chi connectivity index (χ0) is 19.2. The summed E-state index contributed by atoms with van der Waals surface area (Å²) in [6.07, 6.45) is 0. The number of esters is 1. The third-order valence-electron chi connectivity index (χ3n) is 4.16. The van der Waals surface area contributed by atoms with Crippen LogP contribution in [-0.4, -0.2) is 25.2 Å². The maximum atomic E-state index is 12.8. The molecule has 0 fully saturated rings. The SMILES string of the molecule is CCOC(=O)C1=C(c2ccccc2)NC(=O)N[C@H]1c1ccccc1OCC. The van der Waals surface area contributed by atoms with E-state index < -0.39 is 18.0 Å². The summed E-state index contributed by atoms with van der Waals surface area (Å²) in [5.74, 6) is 0.126. The van der Waals surface area contributed by atoms with Gasteiger partial charge in [-0.2, -0.15) is 0 Å². The van der Waals surface area contributed by atoms with E-state index in [1.165, 1.54) is 0 Å². The second kappa shape index (κ2) is 8.40. The van der Waals surface area contributed by atoms with Crippen LogP contribution in [0.25, 0.3) is 5.70 Å². The highest BCUT2D eigenvalue weighted by Crippen LogP contribution is 2.36. The molecule has 0 aliphatic carbocycles. The van der Waals surface area contributed by atoms with Gasteiger partial charge in [0.05, 0.1) is 30.5 Å². The summed E-state index contributed by atoms with van der Waals surface area (Å²) < 4.78 is 11.0. The minimum atomic E-state index is -0.684. The van der Waals surface area contributed by atoms with Gasteiger partial charge in [-0.3, -0.25) is 0 Å². The molecule has 0 unspecified atom stereocenters. The predicted molar refractivity (Wildman–Crippen MR) is 102 cm³/mol. The Morgan fingerprint density at radius 1 is 1.00 bits per heavy atom. The van der Waals surface area contributed by atoms with Crippen molar-refractivity contribution in [2.45, 2.75) is 19.9 Å². The maximum absolute atomic E-state index is 12.8. The van der Waals surface area contributed by atoms with Crippen molar-refractivity contribution in [2.24, 2.45) is 0 Å². The van der Waals surface area contributed by atoms with Crippen molar-refractivity contribution in [3.63, 3.8) is 0 Å². The van der Waals surface area contributed by atoms with E-state index in [-0.39, 0.29) is 6.61 Å². The molecule has 6 nitrogen and oxygen atoms in total. The van der Waals surface area contributed by atoms with Gasteiger partial charge in [-0.25, -0.2) is 9.59 Å². The molecule has 2 aromatic rings. The molecule has 3 rings (SSSR count). The van der Waals surface area contributed by atoms with Crippen LogP contribution < -0.4 is 15.4 Å². The standard InChI is InChI=1S/C21H22N2O4/c1-3-26-16-13-9-8-12-15(16)19-17(20(24)27-4-2)18(22-21(25)23-19)14-10-6-5-7-11-14/h5-13,19H,3-4H2,1-2H3,(H2,22,23,25)/t19-/m0/s1. The average molecular weight is 366 g/mol. The number of nitrogens with one attached hydrogen (secondary N) is 2. The number of urea groups is 1. The van der Waals surface area contributed by atoms with Crippen LogP contribution in [0.2, 0.25) is 0 Å². The number of rotatable bonds is 6. The van der Waals surface area contributed by atoms with E-state index in [0.29, 0.717) is 29.2 Å². The third kappa shape index (κ3) is 3.95. The van der Waals surface area contributed by atoms with Gasteiger partial charge in [-0.05, 0) is 25.5 Å². The van der Waals surface area contributed by atoms with Crippen molar-refractivity contribution >= 4 is 17.7 Å². The zero-order valence-corrected chi connectivity index (χ0v) is 15.3. The molecule has 6 heteroatoms. The Balaban J connectivity index is 2.19. The van der Waals surface area contributed by atoms with Crippen molar-refractivity contribution in [2.75, 3.05) is 13.2 Å². The first-order valence-electron chi connectivity index (χ1n) is 8.91. The van der Waals surface area contributed by atoms with E-state index in [0.717, 1.165) is 5.56 Å². The summed E-state index contributed by atoms with van der Waals surface area (Å²) in [6, 6.07) is 15.5. The molecular formula is C21H22N2O4. The van der Waals surface area contributed by atoms with Crippen LogP contribution in [0, 0.1) is 0 Å². The van der Waals surface area contributed by atoms with Gasteiger partial charge >= 0.3 is 12.0 Å². The average Bonchev–Trinajstić information content (AvgIpc) is 2.69. The molecule has 0 aromatic heterocycles. The van der Waals surface area contributed by atoms with Gasteiger partial charge in [0.1, 0.15) is 5.75 Å². The van der Waals surface area contributed by atoms with Gasteiger partial charge in [-0.1, -0.05) is 48.5 Å². The van der Waals surface area contributed by atoms with Crippen LogP contribution in [0.3, 0.4) is 0 Å². The Kier molecular flexibility index (Phi) is 5.76. The largest absolute Gasteiger partial charge is 0.494 e. The summed E-state index contributed by atoms with van der Waals surface area (Å²) in [4.78, 5) is 25.2. The smallest absolute Gasteiger partial charge is 0.338 e. The van der Waals surface area contributed by atoms with E-state index in [9.17, 15) is 9.59 Å². The van der Waals surface area contributed by atoms with Crippen molar-refractivity contribution in [3.05, 3.63) is 71.3 Å². The third-order valence-corrected chi connectivity index (χ3v) is 4.16. The number of para-hydroxylation sites is 1. The van der Waals surface area contributed by atoms with Gasteiger partial charge in [-0.15, -0.1) is 0 Å². The molecule has 1 heterocycles. The van der Waals surface area contributed by atoms with Crippen molar-refractivity contribution in [1.82, 2.24) is 10.6 Å². The molecule has 1 atom stereocenters. The fraction of sp³-hybridized carbons (Fsp3) is 0.238. The molecule has 2 aromatic carbocycles. The molecule has 0 bridgehead atoms. The van der Waals surface area contributed by atoms with Gasteiger partial charge in [0.2, 0.25) is 0 Å². The first kappa shape index (κ1) is 18.5. The lowest BCUT2D eigenvalue weighted by molar-refractivity contribution is -0.138. The lowest BCUT2D eigenvalue weighted by atomic mass is 9.92. The van der Waals surface area contributed by atoms with Gasteiger partial charge in [0.15, 0.2) is 0 Å². The van der Waals surface area contributed by atoms with Crippen molar-refractivity contribution in [1.29, 1.82) is 0 Å². The van der Waals surface area contributed by atoms with Gasteiger partial charge in [0, 0.05) is 5.56 Å². The van der Waals surface area contributed by atoms with Gasteiger partial charge < -0.3 is 20.1 Å². The Morgan fingerprint density at radius 3 is 2.41 bits per heavy atom. The number of hydrogen-bond donors (Lipinski definition) is 2. The molecule has 0 spiro atoms. The molecule has 2 amide bonds. The van der Waals surface area contributed by atoms with Crippen LogP contribution in [-0.2, 0) is 9.53 Å². The summed E-state index contributed by atoms with van der Waals surface area (Å²) >= 11 is 0.